The van der Waals surface area contributed by atoms with E-state index in [0.717, 1.165) is 4.90 Å². The van der Waals surface area contributed by atoms with E-state index in [1.165, 1.54) is 6.08 Å². The van der Waals surface area contributed by atoms with Crippen molar-refractivity contribution in [3.8, 4) is 0 Å². The highest BCUT2D eigenvalue weighted by Crippen LogP contribution is 2.21. The van der Waals surface area contributed by atoms with Gasteiger partial charge in [0.1, 0.15) is 6.61 Å². The number of fused-ring (bicyclic) bond motifs is 1. The van der Waals surface area contributed by atoms with Crippen molar-refractivity contribution in [1.82, 2.24) is 4.90 Å². The summed E-state index contributed by atoms with van der Waals surface area (Å²) in [7, 11) is 0. The van der Waals surface area contributed by atoms with Crippen molar-refractivity contribution in [3.63, 3.8) is 0 Å². The van der Waals surface area contributed by atoms with E-state index in [1.54, 1.807) is 42.5 Å². The SMILES string of the molecule is CC=CC=CC(=O)OCCN1C(=O)c2ccccc2C1=O. The summed E-state index contributed by atoms with van der Waals surface area (Å²) in [4.78, 5) is 36.5. The lowest BCUT2D eigenvalue weighted by molar-refractivity contribution is -0.137. The van der Waals surface area contributed by atoms with Crippen molar-refractivity contribution in [2.75, 3.05) is 13.2 Å². The number of nitrogens with zero attached hydrogens (tertiary/aromatic N) is 1. The molecule has 0 bridgehead atoms. The molecule has 0 N–H and O–H groups in total. The third-order valence-corrected chi connectivity index (χ3v) is 2.97. The number of rotatable bonds is 5. The first-order valence-corrected chi connectivity index (χ1v) is 6.56. The van der Waals surface area contributed by atoms with Gasteiger partial charge in [-0.25, -0.2) is 4.79 Å². The van der Waals surface area contributed by atoms with E-state index < -0.39 is 5.97 Å². The zero-order valence-corrected chi connectivity index (χ0v) is 11.6. The molecule has 0 radical (unpaired) electrons. The van der Waals surface area contributed by atoms with Crippen molar-refractivity contribution in [1.29, 1.82) is 0 Å². The average Bonchev–Trinajstić information content (AvgIpc) is 2.73. The molecule has 1 aromatic carbocycles. The lowest BCUT2D eigenvalue weighted by Crippen LogP contribution is -2.33. The second kappa shape index (κ2) is 6.65. The Hall–Kier alpha value is -2.69. The third-order valence-electron chi connectivity index (χ3n) is 2.97. The molecule has 0 spiro atoms. The lowest BCUT2D eigenvalue weighted by atomic mass is 10.1. The monoisotopic (exact) mass is 285 g/mol. The summed E-state index contributed by atoms with van der Waals surface area (Å²) in [5.41, 5.74) is 0.781. The number of hydrogen-bond donors (Lipinski definition) is 0. The number of amides is 2. The molecule has 0 atom stereocenters. The van der Waals surface area contributed by atoms with Gasteiger partial charge in [0.25, 0.3) is 11.8 Å². The van der Waals surface area contributed by atoms with Crippen molar-refractivity contribution in [3.05, 3.63) is 59.7 Å². The van der Waals surface area contributed by atoms with Crippen molar-refractivity contribution >= 4 is 17.8 Å². The Balaban J connectivity index is 1.90. The molecule has 21 heavy (non-hydrogen) atoms. The van der Waals surface area contributed by atoms with Crippen molar-refractivity contribution < 1.29 is 19.1 Å². The van der Waals surface area contributed by atoms with E-state index in [0.29, 0.717) is 11.1 Å². The van der Waals surface area contributed by atoms with Crippen LogP contribution >= 0.6 is 0 Å². The van der Waals surface area contributed by atoms with Gasteiger partial charge in [-0.2, -0.15) is 0 Å². The fourth-order valence-electron chi connectivity index (χ4n) is 1.97. The van der Waals surface area contributed by atoms with Crippen LogP contribution in [0.2, 0.25) is 0 Å². The van der Waals surface area contributed by atoms with E-state index in [1.807, 2.05) is 6.92 Å². The Morgan fingerprint density at radius 2 is 1.76 bits per heavy atom. The maximum Gasteiger partial charge on any atom is 0.330 e. The second-order valence-corrected chi connectivity index (χ2v) is 4.36. The van der Waals surface area contributed by atoms with Gasteiger partial charge >= 0.3 is 5.97 Å². The number of esters is 1. The average molecular weight is 285 g/mol. The minimum absolute atomic E-state index is 0.0233. The van der Waals surface area contributed by atoms with Gasteiger partial charge in [-0.1, -0.05) is 30.4 Å². The van der Waals surface area contributed by atoms with Crippen LogP contribution in [0.3, 0.4) is 0 Å². The molecule has 2 amide bonds. The molecular weight excluding hydrogens is 270 g/mol. The number of allylic oxidation sites excluding steroid dienone is 3. The highest BCUT2D eigenvalue weighted by molar-refractivity contribution is 6.21. The highest BCUT2D eigenvalue weighted by atomic mass is 16.5. The molecule has 2 rings (SSSR count). The Morgan fingerprint density at radius 3 is 2.33 bits per heavy atom. The topological polar surface area (TPSA) is 63.7 Å². The molecule has 1 heterocycles. The van der Waals surface area contributed by atoms with E-state index in [2.05, 4.69) is 0 Å². The molecular formula is C16H15NO4. The van der Waals surface area contributed by atoms with Gasteiger partial charge in [0.15, 0.2) is 0 Å². The van der Waals surface area contributed by atoms with Crippen LogP contribution in [0.1, 0.15) is 27.6 Å². The number of ether oxygens (including phenoxy) is 1. The Kier molecular flexibility index (Phi) is 4.66. The van der Waals surface area contributed by atoms with E-state index in [-0.39, 0.29) is 25.0 Å². The summed E-state index contributed by atoms with van der Waals surface area (Å²) >= 11 is 0. The Bertz CT molecular complexity index is 596. The van der Waals surface area contributed by atoms with E-state index in [4.69, 9.17) is 4.74 Å². The summed E-state index contributed by atoms with van der Waals surface area (Å²) in [6.45, 7) is 1.86. The van der Waals surface area contributed by atoms with Crippen LogP contribution in [0.25, 0.3) is 0 Å². The largest absolute Gasteiger partial charge is 0.461 e. The van der Waals surface area contributed by atoms with Crippen LogP contribution in [0.4, 0.5) is 0 Å². The molecule has 0 unspecified atom stereocenters. The maximum atomic E-state index is 12.0. The van der Waals surface area contributed by atoms with Crippen molar-refractivity contribution in [2.45, 2.75) is 6.92 Å². The predicted octanol–water partition coefficient (Wildman–Crippen LogP) is 1.96. The minimum Gasteiger partial charge on any atom is -0.461 e. The highest BCUT2D eigenvalue weighted by Gasteiger charge is 2.34. The fraction of sp³-hybridized carbons (Fsp3) is 0.188. The van der Waals surface area contributed by atoms with Gasteiger partial charge in [0, 0.05) is 6.08 Å². The van der Waals surface area contributed by atoms with Gasteiger partial charge < -0.3 is 4.74 Å². The number of imide groups is 1. The molecule has 0 saturated carbocycles. The van der Waals surface area contributed by atoms with Crippen molar-refractivity contribution in [2.24, 2.45) is 0 Å². The number of hydrogen-bond acceptors (Lipinski definition) is 4. The molecule has 1 aliphatic heterocycles. The standard InChI is InChI=1S/C16H15NO4/c1-2-3-4-9-14(18)21-11-10-17-15(19)12-7-5-6-8-13(12)16(17)20/h2-9H,10-11H2,1H3. The van der Waals surface area contributed by atoms with Crippen LogP contribution in [0.5, 0.6) is 0 Å². The zero-order chi connectivity index (χ0) is 15.2. The molecule has 0 aliphatic carbocycles. The summed E-state index contributed by atoms with van der Waals surface area (Å²) < 4.78 is 4.94. The van der Waals surface area contributed by atoms with E-state index >= 15 is 0 Å². The normalized spacial score (nSPS) is 14.2. The van der Waals surface area contributed by atoms with E-state index in [9.17, 15) is 14.4 Å². The summed E-state index contributed by atoms with van der Waals surface area (Å²) in [6.07, 6.45) is 6.32. The predicted molar refractivity (Wildman–Crippen MR) is 76.7 cm³/mol. The lowest BCUT2D eigenvalue weighted by Gasteiger charge is -2.13. The Morgan fingerprint density at radius 1 is 1.14 bits per heavy atom. The molecule has 0 fully saturated rings. The molecule has 108 valence electrons. The molecule has 0 aromatic heterocycles. The van der Waals surface area contributed by atoms with Crippen LogP contribution in [-0.4, -0.2) is 35.8 Å². The van der Waals surface area contributed by atoms with Gasteiger partial charge in [-0.15, -0.1) is 0 Å². The first kappa shape index (κ1) is 14.7. The summed E-state index contributed by atoms with van der Waals surface area (Å²) in [5, 5.41) is 0. The molecule has 5 nitrogen and oxygen atoms in total. The first-order valence-electron chi connectivity index (χ1n) is 6.56. The van der Waals surface area contributed by atoms with Crippen LogP contribution < -0.4 is 0 Å². The number of carbonyl (C=O) groups is 3. The van der Waals surface area contributed by atoms with Crippen LogP contribution in [0, 0.1) is 0 Å². The summed E-state index contributed by atoms with van der Waals surface area (Å²) in [5.74, 6) is -1.21. The third kappa shape index (κ3) is 3.25. The first-order chi connectivity index (χ1) is 10.1. The van der Waals surface area contributed by atoms with Gasteiger partial charge in [0.05, 0.1) is 17.7 Å². The smallest absolute Gasteiger partial charge is 0.330 e. The molecule has 1 aliphatic rings. The zero-order valence-electron chi connectivity index (χ0n) is 11.6. The van der Waals surface area contributed by atoms with Gasteiger partial charge in [-0.05, 0) is 19.1 Å². The maximum absolute atomic E-state index is 12.0. The second-order valence-electron chi connectivity index (χ2n) is 4.36. The molecule has 5 heteroatoms. The Labute approximate surface area is 122 Å². The number of carbonyl (C=O) groups excluding carboxylic acids is 3. The fourth-order valence-corrected chi connectivity index (χ4v) is 1.97. The quantitative estimate of drug-likeness (QED) is 0.359. The number of benzene rings is 1. The van der Waals surface area contributed by atoms with Gasteiger partial charge in [-0.3, -0.25) is 14.5 Å². The minimum atomic E-state index is -0.510. The molecule has 1 aromatic rings. The van der Waals surface area contributed by atoms with Crippen LogP contribution in [0.15, 0.2) is 48.6 Å². The summed E-state index contributed by atoms with van der Waals surface area (Å²) in [6, 6.07) is 6.64. The van der Waals surface area contributed by atoms with Gasteiger partial charge in [0.2, 0.25) is 0 Å². The van der Waals surface area contributed by atoms with Crippen LogP contribution in [-0.2, 0) is 9.53 Å². The molecule has 0 saturated heterocycles.